The average Bonchev–Trinajstić information content (AvgIpc) is 3.28. The topological polar surface area (TPSA) is 123 Å². The van der Waals surface area contributed by atoms with Crippen molar-refractivity contribution in [2.45, 2.75) is 24.2 Å². The molecule has 1 N–H and O–H groups in total. The number of non-ortho nitro benzene ring substituents is 1. The van der Waals surface area contributed by atoms with Gasteiger partial charge in [-0.05, 0) is 54.8 Å². The molecule has 1 aromatic heterocycles. The van der Waals surface area contributed by atoms with Crippen LogP contribution in [-0.4, -0.2) is 41.6 Å². The zero-order valence-corrected chi connectivity index (χ0v) is 18.6. The summed E-state index contributed by atoms with van der Waals surface area (Å²) in [5.41, 5.74) is 1.06. The SMILES string of the molecule is O=C(Nc1ncc(-c2ccc([N+](=O)[O-])cc2)s1)c1ccc(S(=O)(=O)N2CCCCC2)cc1. The second-order valence-electron chi connectivity index (χ2n) is 7.28. The van der Waals surface area contributed by atoms with Gasteiger partial charge in [-0.1, -0.05) is 17.8 Å². The second-order valence-corrected chi connectivity index (χ2v) is 10.2. The molecule has 0 saturated carbocycles. The summed E-state index contributed by atoms with van der Waals surface area (Å²) in [6.07, 6.45) is 4.33. The van der Waals surface area contributed by atoms with Crippen LogP contribution in [-0.2, 0) is 10.0 Å². The van der Waals surface area contributed by atoms with E-state index < -0.39 is 20.9 Å². The molecule has 2 aromatic carbocycles. The number of nitro groups is 1. The number of nitrogens with zero attached hydrogens (tertiary/aromatic N) is 3. The molecule has 32 heavy (non-hydrogen) atoms. The lowest BCUT2D eigenvalue weighted by atomic mass is 10.2. The number of hydrogen-bond acceptors (Lipinski definition) is 7. The van der Waals surface area contributed by atoms with Crippen LogP contribution in [0.5, 0.6) is 0 Å². The van der Waals surface area contributed by atoms with Crippen LogP contribution < -0.4 is 5.32 Å². The van der Waals surface area contributed by atoms with Crippen LogP contribution in [0.25, 0.3) is 10.4 Å². The number of sulfonamides is 1. The van der Waals surface area contributed by atoms with E-state index >= 15 is 0 Å². The van der Waals surface area contributed by atoms with E-state index in [9.17, 15) is 23.3 Å². The standard InChI is InChI=1S/C21H20N4O5S2/c26-20(16-6-10-18(11-7-16)32(29,30)24-12-2-1-3-13-24)23-21-22-14-19(31-21)15-4-8-17(9-5-15)25(27)28/h4-11,14H,1-3,12-13H2,(H,22,23,26). The van der Waals surface area contributed by atoms with Gasteiger partial charge in [0, 0.05) is 37.0 Å². The lowest BCUT2D eigenvalue weighted by Crippen LogP contribution is -2.35. The van der Waals surface area contributed by atoms with Crippen molar-refractivity contribution in [1.82, 2.24) is 9.29 Å². The fraction of sp³-hybridized carbons (Fsp3) is 0.238. The monoisotopic (exact) mass is 472 g/mol. The molecular weight excluding hydrogens is 452 g/mol. The molecule has 9 nitrogen and oxygen atoms in total. The van der Waals surface area contributed by atoms with Crippen LogP contribution >= 0.6 is 11.3 Å². The summed E-state index contributed by atoms with van der Waals surface area (Å²) in [4.78, 5) is 28.0. The number of benzene rings is 2. The molecule has 0 aliphatic carbocycles. The largest absolute Gasteiger partial charge is 0.298 e. The maximum Gasteiger partial charge on any atom is 0.269 e. The Labute approximate surface area is 188 Å². The van der Waals surface area contributed by atoms with Gasteiger partial charge in [0.25, 0.3) is 11.6 Å². The normalized spacial score (nSPS) is 14.8. The van der Waals surface area contributed by atoms with Crippen molar-refractivity contribution in [2.24, 2.45) is 0 Å². The van der Waals surface area contributed by atoms with Gasteiger partial charge in [-0.3, -0.25) is 20.2 Å². The van der Waals surface area contributed by atoms with E-state index in [1.54, 1.807) is 18.3 Å². The summed E-state index contributed by atoms with van der Waals surface area (Å²) < 4.78 is 27.0. The number of rotatable bonds is 6. The molecule has 1 fully saturated rings. The maximum atomic E-state index is 12.7. The molecule has 0 atom stereocenters. The number of carbonyl (C=O) groups excluding carboxylic acids is 1. The summed E-state index contributed by atoms with van der Waals surface area (Å²) in [5, 5.41) is 13.8. The van der Waals surface area contributed by atoms with Crippen molar-refractivity contribution in [2.75, 3.05) is 18.4 Å². The fourth-order valence-corrected chi connectivity index (χ4v) is 5.75. The number of nitro benzene ring substituents is 1. The number of hydrogen-bond donors (Lipinski definition) is 1. The summed E-state index contributed by atoms with van der Waals surface area (Å²) >= 11 is 1.23. The Hall–Kier alpha value is -3.15. The van der Waals surface area contributed by atoms with Crippen molar-refractivity contribution in [3.8, 4) is 10.4 Å². The molecule has 4 rings (SSSR count). The molecule has 1 aliphatic heterocycles. The molecule has 0 radical (unpaired) electrons. The smallest absolute Gasteiger partial charge is 0.269 e. The van der Waals surface area contributed by atoms with Crippen molar-refractivity contribution in [3.63, 3.8) is 0 Å². The van der Waals surface area contributed by atoms with Gasteiger partial charge < -0.3 is 0 Å². The quantitative estimate of drug-likeness (QED) is 0.425. The summed E-state index contributed by atoms with van der Waals surface area (Å²) in [7, 11) is -3.55. The van der Waals surface area contributed by atoms with Crippen LogP contribution in [0.3, 0.4) is 0 Å². The van der Waals surface area contributed by atoms with Crippen LogP contribution in [0.1, 0.15) is 29.6 Å². The van der Waals surface area contributed by atoms with Crippen molar-refractivity contribution >= 4 is 38.1 Å². The molecule has 3 aromatic rings. The molecule has 0 unspecified atom stereocenters. The number of carbonyl (C=O) groups is 1. The number of aromatic nitrogens is 1. The van der Waals surface area contributed by atoms with E-state index in [4.69, 9.17) is 0 Å². The molecule has 1 aliphatic rings. The Balaban J connectivity index is 1.44. The van der Waals surface area contributed by atoms with Gasteiger partial charge in [0.05, 0.1) is 14.7 Å². The van der Waals surface area contributed by atoms with Crippen molar-refractivity contribution in [1.29, 1.82) is 0 Å². The van der Waals surface area contributed by atoms with Crippen LogP contribution in [0.2, 0.25) is 0 Å². The average molecular weight is 473 g/mol. The minimum absolute atomic E-state index is 0.00228. The zero-order chi connectivity index (χ0) is 22.7. The second kappa shape index (κ2) is 9.15. The number of nitrogens with one attached hydrogen (secondary N) is 1. The molecule has 0 bridgehead atoms. The van der Waals surface area contributed by atoms with Crippen LogP contribution in [0.15, 0.2) is 59.6 Å². The summed E-state index contributed by atoms with van der Waals surface area (Å²) in [5.74, 6) is -0.406. The first-order valence-electron chi connectivity index (χ1n) is 9.97. The predicted octanol–water partition coefficient (Wildman–Crippen LogP) is 4.15. The van der Waals surface area contributed by atoms with Gasteiger partial charge in [-0.2, -0.15) is 4.31 Å². The Morgan fingerprint density at radius 2 is 1.69 bits per heavy atom. The van der Waals surface area contributed by atoms with Gasteiger partial charge in [-0.25, -0.2) is 13.4 Å². The number of piperidine rings is 1. The van der Waals surface area contributed by atoms with Crippen molar-refractivity contribution < 1.29 is 18.1 Å². The maximum absolute atomic E-state index is 12.7. The highest BCUT2D eigenvalue weighted by molar-refractivity contribution is 7.89. The minimum atomic E-state index is -3.55. The lowest BCUT2D eigenvalue weighted by Gasteiger charge is -2.25. The Morgan fingerprint density at radius 1 is 1.03 bits per heavy atom. The van der Waals surface area contributed by atoms with E-state index in [0.717, 1.165) is 29.7 Å². The minimum Gasteiger partial charge on any atom is -0.298 e. The molecule has 166 valence electrons. The van der Waals surface area contributed by atoms with Crippen LogP contribution in [0.4, 0.5) is 10.8 Å². The molecule has 0 spiro atoms. The third-order valence-corrected chi connectivity index (χ3v) is 8.03. The number of anilines is 1. The first-order valence-corrected chi connectivity index (χ1v) is 12.2. The highest BCUT2D eigenvalue weighted by Gasteiger charge is 2.26. The number of amides is 1. The third-order valence-electron chi connectivity index (χ3n) is 5.16. The molecular formula is C21H20N4O5S2. The van der Waals surface area contributed by atoms with Gasteiger partial charge in [-0.15, -0.1) is 0 Å². The molecule has 2 heterocycles. The first kappa shape index (κ1) is 22.1. The summed E-state index contributed by atoms with van der Waals surface area (Å²) in [6.45, 7) is 1.04. The van der Waals surface area contributed by atoms with Gasteiger partial charge in [0.2, 0.25) is 10.0 Å². The molecule has 1 saturated heterocycles. The van der Waals surface area contributed by atoms with Crippen molar-refractivity contribution in [3.05, 3.63) is 70.4 Å². The predicted molar refractivity (Wildman–Crippen MR) is 121 cm³/mol. The Kier molecular flexibility index (Phi) is 6.31. The van der Waals surface area contributed by atoms with Gasteiger partial charge >= 0.3 is 0 Å². The van der Waals surface area contributed by atoms with Crippen LogP contribution in [0, 0.1) is 10.1 Å². The van der Waals surface area contributed by atoms with E-state index in [1.807, 2.05) is 0 Å². The highest BCUT2D eigenvalue weighted by atomic mass is 32.2. The highest BCUT2D eigenvalue weighted by Crippen LogP contribution is 2.30. The van der Waals surface area contributed by atoms with E-state index in [-0.39, 0.29) is 10.6 Å². The first-order chi connectivity index (χ1) is 15.3. The summed E-state index contributed by atoms with van der Waals surface area (Å²) in [6, 6.07) is 11.9. The van der Waals surface area contributed by atoms with Gasteiger partial charge in [0.15, 0.2) is 5.13 Å². The van der Waals surface area contributed by atoms with Gasteiger partial charge in [0.1, 0.15) is 0 Å². The zero-order valence-electron chi connectivity index (χ0n) is 16.9. The number of thiazole rings is 1. The third kappa shape index (κ3) is 4.69. The molecule has 1 amide bonds. The fourth-order valence-electron chi connectivity index (χ4n) is 3.41. The van der Waals surface area contributed by atoms with E-state index in [1.165, 1.54) is 52.0 Å². The Bertz CT molecular complexity index is 1230. The van der Waals surface area contributed by atoms with E-state index in [2.05, 4.69) is 10.3 Å². The lowest BCUT2D eigenvalue weighted by molar-refractivity contribution is -0.384. The Morgan fingerprint density at radius 3 is 2.31 bits per heavy atom. The van der Waals surface area contributed by atoms with E-state index in [0.29, 0.717) is 23.8 Å². The molecule has 11 heteroatoms.